The number of aromatic nitrogens is 3. The Bertz CT molecular complexity index is 411. The molecule has 0 fully saturated rings. The van der Waals surface area contributed by atoms with Crippen molar-refractivity contribution in [2.24, 2.45) is 0 Å². The maximum atomic E-state index is 5.29. The first-order chi connectivity index (χ1) is 6.25. The van der Waals surface area contributed by atoms with E-state index in [1.54, 1.807) is 12.3 Å². The van der Waals surface area contributed by atoms with Gasteiger partial charge in [0.25, 0.3) is 11.8 Å². The smallest absolute Gasteiger partial charge is 0.278 e. The van der Waals surface area contributed by atoms with Crippen molar-refractivity contribution in [2.75, 3.05) is 5.73 Å². The molecule has 2 aromatic rings. The zero-order chi connectivity index (χ0) is 9.26. The van der Waals surface area contributed by atoms with Crippen LogP contribution in [0.4, 0.5) is 5.95 Å². The van der Waals surface area contributed by atoms with Crippen molar-refractivity contribution in [2.45, 2.75) is 0 Å². The van der Waals surface area contributed by atoms with Crippen LogP contribution in [0.25, 0.3) is 11.6 Å². The van der Waals surface area contributed by atoms with Gasteiger partial charge in [0.2, 0.25) is 0 Å². The van der Waals surface area contributed by atoms with E-state index in [1.807, 2.05) is 6.07 Å². The van der Waals surface area contributed by atoms with Gasteiger partial charge < -0.3 is 10.3 Å². The Morgan fingerprint density at radius 1 is 1.38 bits per heavy atom. The van der Waals surface area contributed by atoms with Gasteiger partial charge in [-0.1, -0.05) is 0 Å². The van der Waals surface area contributed by atoms with Crippen LogP contribution in [-0.2, 0) is 0 Å². The Labute approximate surface area is 82.1 Å². The quantitative estimate of drug-likeness (QED) is 0.817. The number of halogens is 1. The molecule has 0 aliphatic carbocycles. The molecule has 0 saturated carbocycles. The lowest BCUT2D eigenvalue weighted by molar-refractivity contribution is 0.431. The van der Waals surface area contributed by atoms with Gasteiger partial charge in [-0.2, -0.15) is 4.98 Å². The number of anilines is 1. The highest BCUT2D eigenvalue weighted by molar-refractivity contribution is 9.10. The summed E-state index contributed by atoms with van der Waals surface area (Å²) in [6.07, 6.45) is 1.65. The van der Waals surface area contributed by atoms with E-state index < -0.39 is 0 Å². The lowest BCUT2D eigenvalue weighted by Crippen LogP contribution is -1.86. The molecule has 0 aliphatic rings. The monoisotopic (exact) mass is 240 g/mol. The van der Waals surface area contributed by atoms with Crippen LogP contribution in [0.5, 0.6) is 0 Å². The number of nitrogens with two attached hydrogens (primary N) is 1. The van der Waals surface area contributed by atoms with Crippen molar-refractivity contribution < 1.29 is 4.52 Å². The molecular weight excluding hydrogens is 236 g/mol. The summed E-state index contributed by atoms with van der Waals surface area (Å²) >= 11 is 3.27. The highest BCUT2D eigenvalue weighted by Crippen LogP contribution is 2.16. The number of pyridine rings is 1. The van der Waals surface area contributed by atoms with E-state index in [9.17, 15) is 0 Å². The van der Waals surface area contributed by atoms with Gasteiger partial charge in [0.05, 0.1) is 0 Å². The Hall–Kier alpha value is -1.43. The lowest BCUT2D eigenvalue weighted by Gasteiger charge is -1.91. The molecule has 2 N–H and O–H groups in total. The second-order valence-electron chi connectivity index (χ2n) is 2.32. The predicted molar refractivity (Wildman–Crippen MR) is 49.6 cm³/mol. The molecule has 0 atom stereocenters. The van der Waals surface area contributed by atoms with E-state index >= 15 is 0 Å². The second kappa shape index (κ2) is 3.14. The highest BCUT2D eigenvalue weighted by atomic mass is 79.9. The Morgan fingerprint density at radius 2 is 2.23 bits per heavy atom. The maximum Gasteiger partial charge on any atom is 0.278 e. The average Bonchev–Trinajstić information content (AvgIpc) is 2.53. The molecule has 0 aliphatic heterocycles. The molecule has 2 heterocycles. The molecule has 0 unspecified atom stereocenters. The number of nitrogen functional groups attached to an aromatic ring is 1. The fourth-order valence-electron chi connectivity index (χ4n) is 0.841. The first-order valence-electron chi connectivity index (χ1n) is 3.47. The molecule has 0 amide bonds. The molecule has 0 saturated heterocycles. The zero-order valence-corrected chi connectivity index (χ0v) is 8.02. The summed E-state index contributed by atoms with van der Waals surface area (Å²) in [5.74, 6) is 0.435. The fraction of sp³-hybridized carbons (Fsp3) is 0. The van der Waals surface area contributed by atoms with E-state index in [0.717, 1.165) is 4.47 Å². The van der Waals surface area contributed by atoms with Gasteiger partial charge >= 0.3 is 0 Å². The van der Waals surface area contributed by atoms with Crippen LogP contribution in [0.3, 0.4) is 0 Å². The van der Waals surface area contributed by atoms with Crippen LogP contribution in [0, 0.1) is 0 Å². The van der Waals surface area contributed by atoms with Crippen LogP contribution in [0.15, 0.2) is 27.3 Å². The summed E-state index contributed by atoms with van der Waals surface area (Å²) < 4.78 is 5.72. The first kappa shape index (κ1) is 8.18. The van der Waals surface area contributed by atoms with E-state index in [2.05, 4.69) is 31.1 Å². The maximum absolute atomic E-state index is 5.29. The van der Waals surface area contributed by atoms with Crippen LogP contribution in [-0.4, -0.2) is 15.1 Å². The van der Waals surface area contributed by atoms with Crippen molar-refractivity contribution >= 4 is 21.9 Å². The normalized spacial score (nSPS) is 10.2. The van der Waals surface area contributed by atoms with Gasteiger partial charge in [-0.15, -0.1) is 0 Å². The minimum atomic E-state index is 0.111. The fourth-order valence-corrected chi connectivity index (χ4v) is 1.08. The Kier molecular flexibility index (Phi) is 1.97. The molecule has 0 aromatic carbocycles. The molecule has 2 aromatic heterocycles. The van der Waals surface area contributed by atoms with Crippen molar-refractivity contribution in [1.29, 1.82) is 0 Å². The summed E-state index contributed by atoms with van der Waals surface area (Å²) in [4.78, 5) is 7.90. The van der Waals surface area contributed by atoms with Gasteiger partial charge in [-0.05, 0) is 33.2 Å². The van der Waals surface area contributed by atoms with Crippen molar-refractivity contribution in [3.63, 3.8) is 0 Å². The number of nitrogens with zero attached hydrogens (tertiary/aromatic N) is 3. The molecule has 2 rings (SSSR count). The number of rotatable bonds is 1. The zero-order valence-electron chi connectivity index (χ0n) is 6.44. The number of hydrogen-bond donors (Lipinski definition) is 1. The number of hydrogen-bond acceptors (Lipinski definition) is 5. The summed E-state index contributed by atoms with van der Waals surface area (Å²) in [5.41, 5.74) is 5.90. The third kappa shape index (κ3) is 1.67. The van der Waals surface area contributed by atoms with Gasteiger partial charge in [0.1, 0.15) is 5.69 Å². The van der Waals surface area contributed by atoms with Gasteiger partial charge in [-0.3, -0.25) is 0 Å². The second-order valence-corrected chi connectivity index (χ2v) is 3.24. The van der Waals surface area contributed by atoms with E-state index in [-0.39, 0.29) is 5.95 Å². The van der Waals surface area contributed by atoms with Crippen molar-refractivity contribution in [3.8, 4) is 11.6 Å². The third-order valence-corrected chi connectivity index (χ3v) is 1.86. The van der Waals surface area contributed by atoms with E-state index in [1.165, 1.54) is 0 Å². The molecule has 13 heavy (non-hydrogen) atoms. The Morgan fingerprint density at radius 3 is 2.77 bits per heavy atom. The van der Waals surface area contributed by atoms with Crippen LogP contribution in [0.1, 0.15) is 0 Å². The van der Waals surface area contributed by atoms with Gasteiger partial charge in [0, 0.05) is 10.7 Å². The minimum Gasteiger partial charge on any atom is -0.365 e. The van der Waals surface area contributed by atoms with E-state index in [0.29, 0.717) is 11.6 Å². The summed E-state index contributed by atoms with van der Waals surface area (Å²) in [6, 6.07) is 3.60. The van der Waals surface area contributed by atoms with Crippen LogP contribution < -0.4 is 5.73 Å². The average molecular weight is 241 g/mol. The summed E-state index contributed by atoms with van der Waals surface area (Å²) in [7, 11) is 0. The molecule has 0 spiro atoms. The molecule has 0 bridgehead atoms. The Balaban J connectivity index is 2.41. The predicted octanol–water partition coefficient (Wildman–Crippen LogP) is 1.48. The topological polar surface area (TPSA) is 77.8 Å². The molecule has 0 radical (unpaired) electrons. The van der Waals surface area contributed by atoms with Crippen LogP contribution >= 0.6 is 15.9 Å². The standard InChI is InChI=1S/C7H5BrN4O/c8-4-1-2-5(10-3-4)6-11-7(9)12-13-6/h1-3H,(H2,9,12). The largest absolute Gasteiger partial charge is 0.365 e. The van der Waals surface area contributed by atoms with Gasteiger partial charge in [-0.25, -0.2) is 4.98 Å². The lowest BCUT2D eigenvalue weighted by atomic mass is 10.3. The van der Waals surface area contributed by atoms with Crippen molar-refractivity contribution in [1.82, 2.24) is 15.1 Å². The SMILES string of the molecule is Nc1noc(-c2ccc(Br)cn2)n1. The van der Waals surface area contributed by atoms with Gasteiger partial charge in [0.15, 0.2) is 0 Å². The van der Waals surface area contributed by atoms with E-state index in [4.69, 9.17) is 10.3 Å². The molecule has 66 valence electrons. The van der Waals surface area contributed by atoms with Crippen LogP contribution in [0.2, 0.25) is 0 Å². The molecular formula is C7H5BrN4O. The summed E-state index contributed by atoms with van der Waals surface area (Å²) in [6.45, 7) is 0. The molecule has 6 heteroatoms. The third-order valence-electron chi connectivity index (χ3n) is 1.39. The summed E-state index contributed by atoms with van der Waals surface area (Å²) in [5, 5.41) is 3.46. The molecule has 5 nitrogen and oxygen atoms in total. The van der Waals surface area contributed by atoms with Crippen molar-refractivity contribution in [3.05, 3.63) is 22.8 Å². The minimum absolute atomic E-state index is 0.111. The first-order valence-corrected chi connectivity index (χ1v) is 4.26. The highest BCUT2D eigenvalue weighted by Gasteiger charge is 2.06.